The van der Waals surface area contributed by atoms with E-state index in [0.29, 0.717) is 6.61 Å². The summed E-state index contributed by atoms with van der Waals surface area (Å²) in [5.41, 5.74) is 2.44. The Morgan fingerprint density at radius 3 is 2.62 bits per heavy atom. The molecule has 2 aromatic rings. The molecule has 0 unspecified atom stereocenters. The summed E-state index contributed by atoms with van der Waals surface area (Å²) in [6.07, 6.45) is 2.77. The largest absolute Gasteiger partial charge is 0.489 e. The van der Waals surface area contributed by atoms with Crippen molar-refractivity contribution in [1.82, 2.24) is 5.32 Å². The summed E-state index contributed by atoms with van der Waals surface area (Å²) in [4.78, 5) is 0. The van der Waals surface area contributed by atoms with Crippen LogP contribution in [0, 0.1) is 5.92 Å². The molecule has 2 nitrogen and oxygen atoms in total. The molecule has 0 aliphatic heterocycles. The molecule has 0 spiro atoms. The molecule has 3 rings (SSSR count). The van der Waals surface area contributed by atoms with Crippen molar-refractivity contribution in [2.24, 2.45) is 5.92 Å². The fraction of sp³-hybridized carbons (Fsp3) is 0.333. The highest BCUT2D eigenvalue weighted by Crippen LogP contribution is 2.28. The molecule has 0 aromatic heterocycles. The number of hydrogen-bond acceptors (Lipinski definition) is 2. The summed E-state index contributed by atoms with van der Waals surface area (Å²) in [7, 11) is 0. The second kappa shape index (κ2) is 7.10. The average Bonchev–Trinajstić information content (AvgIpc) is 3.30. The Morgan fingerprint density at radius 1 is 1.05 bits per heavy atom. The summed E-state index contributed by atoms with van der Waals surface area (Å²) >= 11 is 3.56. The van der Waals surface area contributed by atoms with Crippen LogP contribution in [0.15, 0.2) is 53.0 Å². The third-order valence-electron chi connectivity index (χ3n) is 3.64. The Labute approximate surface area is 134 Å². The monoisotopic (exact) mass is 345 g/mol. The van der Waals surface area contributed by atoms with Crippen molar-refractivity contribution in [3.63, 3.8) is 0 Å². The average molecular weight is 346 g/mol. The minimum absolute atomic E-state index is 0.603. The maximum Gasteiger partial charge on any atom is 0.121 e. The molecule has 0 atom stereocenters. The lowest BCUT2D eigenvalue weighted by Gasteiger charge is -2.10. The van der Waals surface area contributed by atoms with E-state index in [2.05, 4.69) is 45.5 Å². The molecular formula is C18H20BrNO. The van der Waals surface area contributed by atoms with Gasteiger partial charge in [-0.15, -0.1) is 0 Å². The first-order valence-electron chi connectivity index (χ1n) is 7.46. The van der Waals surface area contributed by atoms with Crippen molar-refractivity contribution < 1.29 is 4.74 Å². The van der Waals surface area contributed by atoms with Crippen LogP contribution in [-0.4, -0.2) is 6.54 Å². The Bertz CT molecular complexity index is 581. The molecular weight excluding hydrogens is 326 g/mol. The number of hydrogen-bond donors (Lipinski definition) is 1. The Hall–Kier alpha value is -1.32. The van der Waals surface area contributed by atoms with Gasteiger partial charge in [0, 0.05) is 11.0 Å². The molecule has 0 heterocycles. The quantitative estimate of drug-likeness (QED) is 0.795. The molecule has 1 aliphatic carbocycles. The molecule has 21 heavy (non-hydrogen) atoms. The van der Waals surface area contributed by atoms with Crippen LogP contribution in [0.5, 0.6) is 5.75 Å². The summed E-state index contributed by atoms with van der Waals surface area (Å²) in [5, 5.41) is 3.52. The molecule has 1 saturated carbocycles. The van der Waals surface area contributed by atoms with Gasteiger partial charge in [0.15, 0.2) is 0 Å². The first-order chi connectivity index (χ1) is 10.3. The van der Waals surface area contributed by atoms with Crippen molar-refractivity contribution in [3.05, 3.63) is 64.1 Å². The molecule has 1 N–H and O–H groups in total. The van der Waals surface area contributed by atoms with Crippen molar-refractivity contribution in [2.75, 3.05) is 6.54 Å². The molecule has 110 valence electrons. The van der Waals surface area contributed by atoms with Crippen molar-refractivity contribution >= 4 is 15.9 Å². The number of nitrogens with one attached hydrogen (secondary N) is 1. The minimum Gasteiger partial charge on any atom is -0.489 e. The smallest absolute Gasteiger partial charge is 0.121 e. The zero-order valence-corrected chi connectivity index (χ0v) is 13.6. The van der Waals surface area contributed by atoms with E-state index < -0.39 is 0 Å². The summed E-state index contributed by atoms with van der Waals surface area (Å²) in [6.45, 7) is 2.64. The van der Waals surface area contributed by atoms with E-state index in [1.54, 1.807) is 0 Å². The zero-order chi connectivity index (χ0) is 14.5. The van der Waals surface area contributed by atoms with Crippen LogP contribution in [0.3, 0.4) is 0 Å². The summed E-state index contributed by atoms with van der Waals surface area (Å²) < 4.78 is 6.96. The predicted molar refractivity (Wildman–Crippen MR) is 89.3 cm³/mol. The highest BCUT2D eigenvalue weighted by Gasteiger charge is 2.20. The number of ether oxygens (including phenoxy) is 1. The second-order valence-electron chi connectivity index (χ2n) is 5.64. The molecule has 0 saturated heterocycles. The Balaban J connectivity index is 1.57. The van der Waals surface area contributed by atoms with Gasteiger partial charge in [-0.25, -0.2) is 0 Å². The highest BCUT2D eigenvalue weighted by atomic mass is 79.9. The molecule has 1 aliphatic rings. The normalized spacial score (nSPS) is 14.1. The van der Waals surface area contributed by atoms with Gasteiger partial charge >= 0.3 is 0 Å². The van der Waals surface area contributed by atoms with E-state index in [1.165, 1.54) is 24.0 Å². The Morgan fingerprint density at radius 2 is 1.86 bits per heavy atom. The van der Waals surface area contributed by atoms with Crippen LogP contribution in [0.25, 0.3) is 0 Å². The minimum atomic E-state index is 0.603. The summed E-state index contributed by atoms with van der Waals surface area (Å²) in [6, 6.07) is 16.5. The third kappa shape index (κ3) is 4.87. The van der Waals surface area contributed by atoms with Gasteiger partial charge in [-0.2, -0.15) is 0 Å². The van der Waals surface area contributed by atoms with Crippen molar-refractivity contribution in [2.45, 2.75) is 26.0 Å². The first-order valence-corrected chi connectivity index (χ1v) is 8.26. The van der Waals surface area contributed by atoms with Gasteiger partial charge in [0.2, 0.25) is 0 Å². The van der Waals surface area contributed by atoms with E-state index >= 15 is 0 Å². The zero-order valence-electron chi connectivity index (χ0n) is 12.0. The van der Waals surface area contributed by atoms with Gasteiger partial charge < -0.3 is 10.1 Å². The molecule has 2 aromatic carbocycles. The lowest BCUT2D eigenvalue weighted by molar-refractivity contribution is 0.305. The lowest BCUT2D eigenvalue weighted by atomic mass is 10.2. The van der Waals surface area contributed by atoms with Gasteiger partial charge in [-0.05, 0) is 54.6 Å². The van der Waals surface area contributed by atoms with Gasteiger partial charge in [-0.3, -0.25) is 0 Å². The van der Waals surface area contributed by atoms with Crippen LogP contribution < -0.4 is 10.1 Å². The Kier molecular flexibility index (Phi) is 4.94. The van der Waals surface area contributed by atoms with Crippen molar-refractivity contribution in [1.29, 1.82) is 0 Å². The fourth-order valence-corrected chi connectivity index (χ4v) is 2.81. The van der Waals surface area contributed by atoms with E-state index in [0.717, 1.165) is 29.2 Å². The molecule has 3 heteroatoms. The SMILES string of the molecule is Brc1cc(CNCC2CC2)cc(OCc2ccccc2)c1. The van der Waals surface area contributed by atoms with E-state index in [4.69, 9.17) is 4.74 Å². The maximum absolute atomic E-state index is 5.90. The van der Waals surface area contributed by atoms with Crippen LogP contribution in [0.2, 0.25) is 0 Å². The topological polar surface area (TPSA) is 21.3 Å². The second-order valence-corrected chi connectivity index (χ2v) is 6.56. The van der Waals surface area contributed by atoms with Crippen molar-refractivity contribution in [3.8, 4) is 5.75 Å². The predicted octanol–water partition coefficient (Wildman–Crippen LogP) is 4.53. The van der Waals surface area contributed by atoms with Crippen LogP contribution in [0.1, 0.15) is 24.0 Å². The standard InChI is InChI=1S/C18H20BrNO/c19-17-8-16(12-20-11-14-6-7-14)9-18(10-17)21-13-15-4-2-1-3-5-15/h1-5,8-10,14,20H,6-7,11-13H2. The highest BCUT2D eigenvalue weighted by molar-refractivity contribution is 9.10. The van der Waals surface area contributed by atoms with Crippen LogP contribution in [0.4, 0.5) is 0 Å². The molecule has 0 radical (unpaired) electrons. The van der Waals surface area contributed by atoms with Gasteiger partial charge in [0.25, 0.3) is 0 Å². The molecule has 1 fully saturated rings. The van der Waals surface area contributed by atoms with Gasteiger partial charge in [0.1, 0.15) is 12.4 Å². The van der Waals surface area contributed by atoms with Crippen LogP contribution in [-0.2, 0) is 13.2 Å². The number of benzene rings is 2. The number of halogens is 1. The third-order valence-corrected chi connectivity index (χ3v) is 4.10. The number of rotatable bonds is 7. The van der Waals surface area contributed by atoms with Gasteiger partial charge in [-0.1, -0.05) is 46.3 Å². The summed E-state index contributed by atoms with van der Waals surface area (Å²) in [5.74, 6) is 1.82. The molecule has 0 amide bonds. The fourth-order valence-electron chi connectivity index (χ4n) is 2.29. The van der Waals surface area contributed by atoms with E-state index in [-0.39, 0.29) is 0 Å². The maximum atomic E-state index is 5.90. The van der Waals surface area contributed by atoms with Crippen LogP contribution >= 0.6 is 15.9 Å². The first kappa shape index (κ1) is 14.6. The van der Waals surface area contributed by atoms with E-state index in [9.17, 15) is 0 Å². The van der Waals surface area contributed by atoms with Gasteiger partial charge in [0.05, 0.1) is 0 Å². The molecule has 0 bridgehead atoms. The van der Waals surface area contributed by atoms with E-state index in [1.807, 2.05) is 24.3 Å². The lowest BCUT2D eigenvalue weighted by Crippen LogP contribution is -2.16.